The van der Waals surface area contributed by atoms with Crippen molar-refractivity contribution >= 4 is 17.6 Å². The fourth-order valence-corrected chi connectivity index (χ4v) is 2.56. The highest BCUT2D eigenvalue weighted by atomic mass is 19.1. The maximum atomic E-state index is 13.4. The molecule has 1 amide bonds. The second-order valence-electron chi connectivity index (χ2n) is 5.18. The van der Waals surface area contributed by atoms with Crippen molar-refractivity contribution in [2.75, 3.05) is 25.2 Å². The highest BCUT2D eigenvalue weighted by molar-refractivity contribution is 5.96. The smallest absolute Gasteiger partial charge is 0.360 e. The fraction of sp³-hybridized carbons (Fsp3) is 0.312. The number of esters is 1. The van der Waals surface area contributed by atoms with Crippen molar-refractivity contribution in [1.82, 2.24) is 4.98 Å². The van der Waals surface area contributed by atoms with E-state index < -0.39 is 11.8 Å². The summed E-state index contributed by atoms with van der Waals surface area (Å²) in [4.78, 5) is 29.0. The molecule has 2 heterocycles. The first-order valence-corrected chi connectivity index (χ1v) is 7.27. The highest BCUT2D eigenvalue weighted by Crippen LogP contribution is 2.28. The normalized spacial score (nSPS) is 13.0. The molecule has 0 fully saturated rings. The van der Waals surface area contributed by atoms with Crippen LogP contribution in [0, 0.1) is 5.82 Å². The van der Waals surface area contributed by atoms with Crippen LogP contribution < -0.4 is 4.90 Å². The Labute approximate surface area is 137 Å². The van der Waals surface area contributed by atoms with Gasteiger partial charge in [-0.2, -0.15) is 0 Å². The molecule has 0 saturated heterocycles. The second-order valence-corrected chi connectivity index (χ2v) is 5.18. The van der Waals surface area contributed by atoms with Gasteiger partial charge < -0.3 is 18.8 Å². The maximum Gasteiger partial charge on any atom is 0.360 e. The summed E-state index contributed by atoms with van der Waals surface area (Å²) < 4.78 is 28.3. The minimum Gasteiger partial charge on any atom is -0.464 e. The number of hydrogen-bond donors (Lipinski definition) is 0. The number of hydrogen-bond acceptors (Lipinski definition) is 6. The number of anilines is 1. The van der Waals surface area contributed by atoms with Crippen molar-refractivity contribution in [1.29, 1.82) is 0 Å². The molecule has 0 spiro atoms. The van der Waals surface area contributed by atoms with E-state index in [4.69, 9.17) is 9.15 Å². The summed E-state index contributed by atoms with van der Waals surface area (Å²) in [5, 5.41) is 0. The Balaban J connectivity index is 1.59. The molecule has 24 heavy (non-hydrogen) atoms. The lowest BCUT2D eigenvalue weighted by atomic mass is 10.2. The molecule has 0 bridgehead atoms. The second kappa shape index (κ2) is 6.79. The van der Waals surface area contributed by atoms with Crippen LogP contribution in [0.1, 0.15) is 21.8 Å². The van der Waals surface area contributed by atoms with Gasteiger partial charge in [-0.1, -0.05) is 6.07 Å². The Kier molecular flexibility index (Phi) is 4.57. The topological polar surface area (TPSA) is 81.9 Å². The first kappa shape index (κ1) is 16.1. The summed E-state index contributed by atoms with van der Waals surface area (Å²) in [6.07, 6.45) is 1.78. The minimum absolute atomic E-state index is 0.0125. The molecule has 3 rings (SSSR count). The van der Waals surface area contributed by atoms with Gasteiger partial charge in [0.15, 0.2) is 17.8 Å². The van der Waals surface area contributed by atoms with Gasteiger partial charge >= 0.3 is 5.97 Å². The Bertz CT molecular complexity index is 774. The number of halogens is 1. The molecule has 1 aromatic heterocycles. The third-order valence-corrected chi connectivity index (χ3v) is 3.72. The molecule has 1 aliphatic rings. The van der Waals surface area contributed by atoms with E-state index in [1.807, 2.05) is 0 Å². The van der Waals surface area contributed by atoms with E-state index in [0.717, 1.165) is 12.0 Å². The molecule has 1 aromatic carbocycles. The Hall–Kier alpha value is -2.74. The van der Waals surface area contributed by atoms with Crippen molar-refractivity contribution < 1.29 is 27.9 Å². The van der Waals surface area contributed by atoms with Crippen LogP contribution in [0.4, 0.5) is 10.1 Å². The van der Waals surface area contributed by atoms with E-state index in [2.05, 4.69) is 9.72 Å². The quantitative estimate of drug-likeness (QED) is 0.774. The summed E-state index contributed by atoms with van der Waals surface area (Å²) in [7, 11) is 1.23. The summed E-state index contributed by atoms with van der Waals surface area (Å²) in [6.45, 7) is 0.161. The lowest BCUT2D eigenvalue weighted by Gasteiger charge is -2.17. The van der Waals surface area contributed by atoms with Crippen LogP contribution in [-0.2, 0) is 27.3 Å². The van der Waals surface area contributed by atoms with Gasteiger partial charge in [-0.3, -0.25) is 4.79 Å². The predicted octanol–water partition coefficient (Wildman–Crippen LogP) is 1.71. The minimum atomic E-state index is -0.641. The monoisotopic (exact) mass is 334 g/mol. The van der Waals surface area contributed by atoms with Crippen molar-refractivity contribution in [3.63, 3.8) is 0 Å². The van der Waals surface area contributed by atoms with Gasteiger partial charge in [0.2, 0.25) is 0 Å². The molecule has 7 nitrogen and oxygen atoms in total. The zero-order valence-corrected chi connectivity index (χ0v) is 13.0. The van der Waals surface area contributed by atoms with Gasteiger partial charge in [-0.05, 0) is 24.1 Å². The molecule has 0 aliphatic carbocycles. The fourth-order valence-electron chi connectivity index (χ4n) is 2.56. The molecule has 0 radical (unpaired) electrons. The number of benzene rings is 1. The summed E-state index contributed by atoms with van der Waals surface area (Å²) in [5.74, 6) is -1.14. The van der Waals surface area contributed by atoms with E-state index >= 15 is 0 Å². The van der Waals surface area contributed by atoms with Crippen molar-refractivity contribution in [2.45, 2.75) is 13.0 Å². The van der Waals surface area contributed by atoms with Gasteiger partial charge in [-0.15, -0.1) is 0 Å². The average molecular weight is 334 g/mol. The number of rotatable bonds is 5. The van der Waals surface area contributed by atoms with Crippen LogP contribution >= 0.6 is 0 Å². The number of fused-ring (bicyclic) bond motifs is 1. The standard InChI is InChI=1S/C16H15FN2O5/c1-22-16(21)15-13(24-9-18-15)7-23-8-14(20)19-5-4-10-2-3-11(17)6-12(10)19/h2-3,6,9H,4-5,7-8H2,1H3. The van der Waals surface area contributed by atoms with Crippen LogP contribution in [0.2, 0.25) is 0 Å². The summed E-state index contributed by atoms with van der Waals surface area (Å²) in [5.41, 5.74) is 1.50. The molecule has 126 valence electrons. The molecule has 0 N–H and O–H groups in total. The van der Waals surface area contributed by atoms with Gasteiger partial charge in [0, 0.05) is 12.2 Å². The van der Waals surface area contributed by atoms with E-state index in [0.29, 0.717) is 18.7 Å². The number of amides is 1. The van der Waals surface area contributed by atoms with Crippen LogP contribution in [0.3, 0.4) is 0 Å². The first-order valence-electron chi connectivity index (χ1n) is 7.27. The highest BCUT2D eigenvalue weighted by Gasteiger charge is 2.25. The third-order valence-electron chi connectivity index (χ3n) is 3.72. The van der Waals surface area contributed by atoms with Gasteiger partial charge in [-0.25, -0.2) is 14.2 Å². The molecule has 0 atom stereocenters. The number of carbonyl (C=O) groups is 2. The van der Waals surface area contributed by atoms with Gasteiger partial charge in [0.1, 0.15) is 19.0 Å². The van der Waals surface area contributed by atoms with Crippen molar-refractivity contribution in [3.05, 3.63) is 47.4 Å². The summed E-state index contributed by atoms with van der Waals surface area (Å²) >= 11 is 0. The number of aromatic nitrogens is 1. The van der Waals surface area contributed by atoms with Gasteiger partial charge in [0.05, 0.1) is 7.11 Å². The molecule has 8 heteroatoms. The lowest BCUT2D eigenvalue weighted by Crippen LogP contribution is -2.32. The van der Waals surface area contributed by atoms with Gasteiger partial charge in [0.25, 0.3) is 5.91 Å². The molecule has 1 aliphatic heterocycles. The maximum absolute atomic E-state index is 13.4. The largest absolute Gasteiger partial charge is 0.464 e. The van der Waals surface area contributed by atoms with Crippen LogP contribution in [0.15, 0.2) is 29.0 Å². The molecule has 0 saturated carbocycles. The summed E-state index contributed by atoms with van der Waals surface area (Å²) in [6, 6.07) is 4.39. The zero-order valence-electron chi connectivity index (χ0n) is 13.0. The SMILES string of the molecule is COC(=O)c1ncoc1COCC(=O)N1CCc2ccc(F)cc21. The van der Waals surface area contributed by atoms with E-state index in [1.165, 1.54) is 24.1 Å². The Morgan fingerprint density at radius 2 is 2.25 bits per heavy atom. The lowest BCUT2D eigenvalue weighted by molar-refractivity contribution is -0.123. The van der Waals surface area contributed by atoms with Crippen molar-refractivity contribution in [3.8, 4) is 0 Å². The molecular weight excluding hydrogens is 319 g/mol. The van der Waals surface area contributed by atoms with Crippen LogP contribution in [0.5, 0.6) is 0 Å². The molecule has 2 aromatic rings. The van der Waals surface area contributed by atoms with Crippen molar-refractivity contribution in [2.24, 2.45) is 0 Å². The number of ether oxygens (including phenoxy) is 2. The van der Waals surface area contributed by atoms with Crippen LogP contribution in [-0.4, -0.2) is 37.1 Å². The first-order chi connectivity index (χ1) is 11.6. The number of oxazole rings is 1. The van der Waals surface area contributed by atoms with E-state index in [-0.39, 0.29) is 30.6 Å². The average Bonchev–Trinajstić information content (AvgIpc) is 3.20. The number of carbonyl (C=O) groups excluding carboxylic acids is 2. The molecule has 0 unspecified atom stereocenters. The Morgan fingerprint density at radius 1 is 1.42 bits per heavy atom. The number of methoxy groups -OCH3 is 1. The zero-order chi connectivity index (χ0) is 17.1. The third kappa shape index (κ3) is 3.13. The van der Waals surface area contributed by atoms with E-state index in [1.54, 1.807) is 6.07 Å². The van der Waals surface area contributed by atoms with Crippen LogP contribution in [0.25, 0.3) is 0 Å². The van der Waals surface area contributed by atoms with E-state index in [9.17, 15) is 14.0 Å². The number of nitrogens with zero attached hydrogens (tertiary/aromatic N) is 2. The Morgan fingerprint density at radius 3 is 3.04 bits per heavy atom. The predicted molar refractivity (Wildman–Crippen MR) is 80.0 cm³/mol. The molecular formula is C16H15FN2O5.